The Kier molecular flexibility index (Phi) is 7.01. The number of aliphatic hydroxyl groups is 1. The first kappa shape index (κ1) is 23.3. The first-order valence-corrected chi connectivity index (χ1v) is 11.6. The number of ether oxygens (including phenoxy) is 1. The number of aromatic nitrogens is 3. The van der Waals surface area contributed by atoms with Gasteiger partial charge >= 0.3 is 0 Å². The molecule has 4 rings (SSSR count). The number of carbonyl (C=O) groups is 1. The Morgan fingerprint density at radius 1 is 1.30 bits per heavy atom. The summed E-state index contributed by atoms with van der Waals surface area (Å²) in [6.45, 7) is 3.70. The number of carbonyl (C=O) groups excluding carboxylic acids is 1. The molecule has 0 saturated carbocycles. The average Bonchev–Trinajstić information content (AvgIpc) is 3.25. The van der Waals surface area contributed by atoms with Gasteiger partial charge in [0.25, 0.3) is 5.91 Å². The van der Waals surface area contributed by atoms with Crippen LogP contribution in [-0.4, -0.2) is 63.5 Å². The maximum atomic E-state index is 14.1. The van der Waals surface area contributed by atoms with E-state index in [9.17, 15) is 14.3 Å². The second kappa shape index (κ2) is 9.94. The van der Waals surface area contributed by atoms with Crippen LogP contribution in [0.15, 0.2) is 29.9 Å². The van der Waals surface area contributed by atoms with Gasteiger partial charge in [0.2, 0.25) is 0 Å². The van der Waals surface area contributed by atoms with E-state index >= 15 is 0 Å². The smallest absolute Gasteiger partial charge is 0.255 e. The number of thiazole rings is 1. The maximum absolute atomic E-state index is 14.1. The van der Waals surface area contributed by atoms with Crippen molar-refractivity contribution in [2.75, 3.05) is 30.4 Å². The molecule has 0 radical (unpaired) electrons. The van der Waals surface area contributed by atoms with E-state index in [0.29, 0.717) is 36.1 Å². The quantitative estimate of drug-likeness (QED) is 0.393. The first-order valence-electron chi connectivity index (χ1n) is 10.8. The largest absolute Gasteiger partial charge is 0.387 e. The first-order chi connectivity index (χ1) is 15.8. The van der Waals surface area contributed by atoms with Crippen molar-refractivity contribution >= 4 is 44.9 Å². The second-order valence-corrected chi connectivity index (χ2v) is 9.31. The summed E-state index contributed by atoms with van der Waals surface area (Å²) < 4.78 is 19.5. The Hall–Kier alpha value is -2.89. The Balaban J connectivity index is 1.54. The third-order valence-electron chi connectivity index (χ3n) is 5.39. The summed E-state index contributed by atoms with van der Waals surface area (Å²) in [5, 5.41) is 18.9. The second-order valence-electron chi connectivity index (χ2n) is 8.48. The lowest BCUT2D eigenvalue weighted by molar-refractivity contribution is -0.00177. The molecule has 1 amide bonds. The van der Waals surface area contributed by atoms with E-state index in [0.717, 1.165) is 23.2 Å². The maximum Gasteiger partial charge on any atom is 0.255 e. The van der Waals surface area contributed by atoms with Gasteiger partial charge in [0.1, 0.15) is 28.2 Å². The highest BCUT2D eigenvalue weighted by atomic mass is 32.1. The molecule has 0 aromatic carbocycles. The van der Waals surface area contributed by atoms with Gasteiger partial charge in [-0.3, -0.25) is 4.79 Å². The third kappa shape index (κ3) is 5.92. The lowest BCUT2D eigenvalue weighted by Gasteiger charge is -2.26. The molecule has 176 valence electrons. The molecule has 0 bridgehead atoms. The number of pyridine rings is 2. The van der Waals surface area contributed by atoms with Crippen molar-refractivity contribution in [2.24, 2.45) is 0 Å². The highest BCUT2D eigenvalue weighted by Crippen LogP contribution is 2.25. The van der Waals surface area contributed by atoms with Crippen molar-refractivity contribution in [3.05, 3.63) is 35.5 Å². The molecule has 4 heterocycles. The van der Waals surface area contributed by atoms with Gasteiger partial charge in [-0.25, -0.2) is 19.3 Å². The summed E-state index contributed by atoms with van der Waals surface area (Å²) in [6.07, 6.45) is 1.46. The highest BCUT2D eigenvalue weighted by molar-refractivity contribution is 7.16. The van der Waals surface area contributed by atoms with E-state index in [4.69, 9.17) is 4.74 Å². The molecular weight excluding hydrogens is 447 g/mol. The van der Waals surface area contributed by atoms with Gasteiger partial charge in [0.15, 0.2) is 0 Å². The molecule has 3 aromatic heterocycles. The third-order valence-corrected chi connectivity index (χ3v) is 6.12. The minimum Gasteiger partial charge on any atom is -0.387 e. The van der Waals surface area contributed by atoms with Gasteiger partial charge in [-0.15, -0.1) is 11.3 Å². The molecule has 1 atom stereocenters. The van der Waals surface area contributed by atoms with Crippen LogP contribution < -0.4 is 16.0 Å². The molecule has 0 aliphatic carbocycles. The summed E-state index contributed by atoms with van der Waals surface area (Å²) in [4.78, 5) is 26.7. The van der Waals surface area contributed by atoms with E-state index in [1.165, 1.54) is 31.4 Å². The van der Waals surface area contributed by atoms with Gasteiger partial charge in [0, 0.05) is 31.5 Å². The minimum atomic E-state index is -1.60. The van der Waals surface area contributed by atoms with Crippen LogP contribution >= 0.6 is 11.3 Å². The van der Waals surface area contributed by atoms with E-state index in [1.807, 2.05) is 12.1 Å². The summed E-state index contributed by atoms with van der Waals surface area (Å²) in [7, 11) is 0. The zero-order chi connectivity index (χ0) is 23.4. The number of fused-ring (bicyclic) bond motifs is 1. The van der Waals surface area contributed by atoms with Crippen molar-refractivity contribution in [1.82, 2.24) is 20.3 Å². The van der Waals surface area contributed by atoms with Crippen molar-refractivity contribution < 1.29 is 19.0 Å². The fourth-order valence-corrected chi connectivity index (χ4v) is 4.02. The van der Waals surface area contributed by atoms with Gasteiger partial charge < -0.3 is 25.8 Å². The number of hydrogen-bond acceptors (Lipinski definition) is 9. The number of amides is 1. The zero-order valence-electron chi connectivity index (χ0n) is 18.5. The number of anilines is 3. The molecule has 33 heavy (non-hydrogen) atoms. The summed E-state index contributed by atoms with van der Waals surface area (Å²) in [5.74, 6) is 0.649. The number of halogens is 1. The molecular formula is C22H27FN6O3S. The van der Waals surface area contributed by atoms with Crippen molar-refractivity contribution in [3.63, 3.8) is 0 Å². The van der Waals surface area contributed by atoms with E-state index in [1.54, 1.807) is 11.6 Å². The molecule has 4 N–H and O–H groups in total. The van der Waals surface area contributed by atoms with Gasteiger partial charge in [0.05, 0.1) is 28.9 Å². The van der Waals surface area contributed by atoms with Crippen molar-refractivity contribution in [3.8, 4) is 0 Å². The van der Waals surface area contributed by atoms with Crippen LogP contribution in [-0.2, 0) is 4.74 Å². The van der Waals surface area contributed by atoms with Gasteiger partial charge in [-0.05, 0) is 38.8 Å². The van der Waals surface area contributed by atoms with Crippen LogP contribution in [0.25, 0.3) is 10.3 Å². The number of alkyl halides is 1. The summed E-state index contributed by atoms with van der Waals surface area (Å²) in [5.41, 5.74) is 1.89. The molecule has 11 heteroatoms. The number of hydrogen-bond donors (Lipinski definition) is 4. The van der Waals surface area contributed by atoms with E-state index in [2.05, 4.69) is 30.9 Å². The Bertz CT molecular complexity index is 1110. The fourth-order valence-electron chi connectivity index (χ4n) is 3.37. The SMILES string of the molecule is CC(C)(O)[C@H](F)CNC(=O)c1cnc(Nc2ccc3ncsc3n2)cc1NC1CCOCC1. The monoisotopic (exact) mass is 474 g/mol. The van der Waals surface area contributed by atoms with Crippen LogP contribution in [0.2, 0.25) is 0 Å². The predicted octanol–water partition coefficient (Wildman–Crippen LogP) is 3.26. The lowest BCUT2D eigenvalue weighted by Crippen LogP contribution is -2.42. The number of rotatable bonds is 8. The molecule has 1 saturated heterocycles. The molecule has 3 aromatic rings. The average molecular weight is 475 g/mol. The lowest BCUT2D eigenvalue weighted by atomic mass is 10.0. The van der Waals surface area contributed by atoms with Crippen molar-refractivity contribution in [1.29, 1.82) is 0 Å². The van der Waals surface area contributed by atoms with Gasteiger partial charge in [-0.1, -0.05) is 0 Å². The van der Waals surface area contributed by atoms with Crippen LogP contribution in [0.4, 0.5) is 21.7 Å². The zero-order valence-corrected chi connectivity index (χ0v) is 19.3. The molecule has 1 aliphatic rings. The molecule has 9 nitrogen and oxygen atoms in total. The number of nitrogens with one attached hydrogen (secondary N) is 3. The van der Waals surface area contributed by atoms with Crippen LogP contribution in [0, 0.1) is 0 Å². The molecule has 1 fully saturated rings. The Morgan fingerprint density at radius 2 is 2.09 bits per heavy atom. The van der Waals surface area contributed by atoms with Gasteiger partial charge in [-0.2, -0.15) is 0 Å². The highest BCUT2D eigenvalue weighted by Gasteiger charge is 2.27. The Labute approximate surface area is 194 Å². The topological polar surface area (TPSA) is 121 Å². The van der Waals surface area contributed by atoms with Crippen LogP contribution in [0.1, 0.15) is 37.0 Å². The van der Waals surface area contributed by atoms with E-state index < -0.39 is 17.7 Å². The summed E-state index contributed by atoms with van der Waals surface area (Å²) in [6, 6.07) is 5.57. The Morgan fingerprint density at radius 3 is 2.85 bits per heavy atom. The molecule has 1 aliphatic heterocycles. The van der Waals surface area contributed by atoms with Crippen LogP contribution in [0.5, 0.6) is 0 Å². The van der Waals surface area contributed by atoms with Crippen molar-refractivity contribution in [2.45, 2.75) is 44.5 Å². The molecule has 0 spiro atoms. The fraction of sp³-hybridized carbons (Fsp3) is 0.455. The van der Waals surface area contributed by atoms with E-state index in [-0.39, 0.29) is 12.6 Å². The number of nitrogens with zero attached hydrogens (tertiary/aromatic N) is 3. The normalized spacial score (nSPS) is 15.9. The minimum absolute atomic E-state index is 0.137. The predicted molar refractivity (Wildman–Crippen MR) is 126 cm³/mol. The molecule has 0 unspecified atom stereocenters. The summed E-state index contributed by atoms with van der Waals surface area (Å²) >= 11 is 1.45. The standard InChI is InChI=1S/C22H27FN6O3S/c1-22(2,31)17(23)11-25-20(30)14-10-24-19(9-16(14)27-13-5-7-32-8-6-13)28-18-4-3-15-21(29-18)33-12-26-15/h3-4,9-10,12-13,17,31H,5-8,11H2,1-2H3,(H,25,30)(H2,24,27,28,29)/t17-/m1/s1. The van der Waals surface area contributed by atoms with Crippen LogP contribution in [0.3, 0.4) is 0 Å².